The topological polar surface area (TPSA) is 49.3 Å². The summed E-state index contributed by atoms with van der Waals surface area (Å²) in [5, 5.41) is 14.8. The molecule has 0 aromatic heterocycles. The van der Waals surface area contributed by atoms with Crippen LogP contribution in [0.1, 0.15) is 44.0 Å². The molecule has 0 saturated carbocycles. The zero-order chi connectivity index (χ0) is 16.8. The van der Waals surface area contributed by atoms with Crippen molar-refractivity contribution in [1.82, 2.24) is 5.32 Å². The molecule has 1 aliphatic heterocycles. The SMILES string of the molecule is CC(=O)c1ccc2ccccc2c1O.CC(C)C1CCNCC1. The van der Waals surface area contributed by atoms with Crippen molar-refractivity contribution in [3.05, 3.63) is 42.0 Å². The van der Waals surface area contributed by atoms with Crippen LogP contribution in [0.15, 0.2) is 36.4 Å². The number of ketones is 1. The number of rotatable bonds is 2. The molecule has 0 bridgehead atoms. The first-order valence-electron chi connectivity index (χ1n) is 8.43. The summed E-state index contributed by atoms with van der Waals surface area (Å²) in [6.07, 6.45) is 2.77. The molecule has 0 spiro atoms. The lowest BCUT2D eigenvalue weighted by molar-refractivity contribution is 0.101. The molecule has 0 unspecified atom stereocenters. The summed E-state index contributed by atoms with van der Waals surface area (Å²) in [7, 11) is 0. The Morgan fingerprint density at radius 3 is 2.35 bits per heavy atom. The molecular formula is C20H27NO2. The zero-order valence-electron chi connectivity index (χ0n) is 14.3. The van der Waals surface area contributed by atoms with Crippen molar-refractivity contribution in [2.75, 3.05) is 13.1 Å². The molecule has 0 radical (unpaired) electrons. The summed E-state index contributed by atoms with van der Waals surface area (Å²) in [4.78, 5) is 11.1. The monoisotopic (exact) mass is 313 g/mol. The van der Waals surface area contributed by atoms with Crippen LogP contribution in [0.2, 0.25) is 0 Å². The first-order chi connectivity index (χ1) is 11.0. The van der Waals surface area contributed by atoms with E-state index in [-0.39, 0.29) is 11.5 Å². The minimum Gasteiger partial charge on any atom is -0.507 e. The second-order valence-corrected chi connectivity index (χ2v) is 6.57. The maximum absolute atomic E-state index is 11.1. The molecule has 1 fully saturated rings. The van der Waals surface area contributed by atoms with Gasteiger partial charge in [0.2, 0.25) is 0 Å². The predicted molar refractivity (Wildman–Crippen MR) is 96.0 cm³/mol. The fraction of sp³-hybridized carbons (Fsp3) is 0.450. The second-order valence-electron chi connectivity index (χ2n) is 6.57. The van der Waals surface area contributed by atoms with E-state index in [9.17, 15) is 9.90 Å². The van der Waals surface area contributed by atoms with Crippen LogP contribution in [0.3, 0.4) is 0 Å². The highest BCUT2D eigenvalue weighted by molar-refractivity contribution is 6.03. The van der Waals surface area contributed by atoms with Crippen LogP contribution < -0.4 is 5.32 Å². The van der Waals surface area contributed by atoms with Crippen molar-refractivity contribution in [2.45, 2.75) is 33.6 Å². The number of aromatic hydroxyl groups is 1. The van der Waals surface area contributed by atoms with E-state index >= 15 is 0 Å². The molecular weight excluding hydrogens is 286 g/mol. The number of benzene rings is 2. The van der Waals surface area contributed by atoms with E-state index in [1.807, 2.05) is 24.3 Å². The number of fused-ring (bicyclic) bond motifs is 1. The van der Waals surface area contributed by atoms with Crippen LogP contribution in [0, 0.1) is 11.8 Å². The lowest BCUT2D eigenvalue weighted by Crippen LogP contribution is -2.29. The lowest BCUT2D eigenvalue weighted by atomic mass is 9.87. The van der Waals surface area contributed by atoms with Gasteiger partial charge in [-0.15, -0.1) is 0 Å². The molecule has 124 valence electrons. The summed E-state index contributed by atoms with van der Waals surface area (Å²) < 4.78 is 0. The number of piperidine rings is 1. The maximum atomic E-state index is 11.1. The minimum absolute atomic E-state index is 0.0793. The van der Waals surface area contributed by atoms with Gasteiger partial charge in [0.25, 0.3) is 0 Å². The quantitative estimate of drug-likeness (QED) is 0.808. The first-order valence-corrected chi connectivity index (χ1v) is 8.43. The van der Waals surface area contributed by atoms with E-state index in [0.29, 0.717) is 5.56 Å². The van der Waals surface area contributed by atoms with Crippen LogP contribution in [0.25, 0.3) is 10.8 Å². The standard InChI is InChI=1S/C12H10O2.C8H17N/c1-8(13)10-7-6-9-4-2-3-5-11(9)12(10)14;1-7(2)8-3-5-9-6-4-8/h2-7,14H,1H3;7-9H,3-6H2,1-2H3. The van der Waals surface area contributed by atoms with E-state index in [2.05, 4.69) is 19.2 Å². The zero-order valence-corrected chi connectivity index (χ0v) is 14.3. The molecule has 0 atom stereocenters. The number of phenols is 1. The van der Waals surface area contributed by atoms with Crippen molar-refractivity contribution in [3.8, 4) is 5.75 Å². The Hall–Kier alpha value is -1.87. The molecule has 1 aliphatic rings. The first kappa shape index (κ1) is 17.5. The van der Waals surface area contributed by atoms with Crippen LogP contribution in [0.4, 0.5) is 0 Å². The smallest absolute Gasteiger partial charge is 0.163 e. The number of carbonyl (C=O) groups is 1. The molecule has 23 heavy (non-hydrogen) atoms. The van der Waals surface area contributed by atoms with Crippen LogP contribution in [-0.4, -0.2) is 24.0 Å². The highest BCUT2D eigenvalue weighted by Gasteiger charge is 2.15. The highest BCUT2D eigenvalue weighted by Crippen LogP contribution is 2.28. The number of hydrogen-bond acceptors (Lipinski definition) is 3. The van der Waals surface area contributed by atoms with E-state index < -0.39 is 0 Å². The largest absolute Gasteiger partial charge is 0.507 e. The van der Waals surface area contributed by atoms with Crippen molar-refractivity contribution in [1.29, 1.82) is 0 Å². The van der Waals surface area contributed by atoms with Crippen molar-refractivity contribution >= 4 is 16.6 Å². The normalized spacial score (nSPS) is 15.3. The minimum atomic E-state index is -0.117. The van der Waals surface area contributed by atoms with Crippen LogP contribution in [0.5, 0.6) is 5.75 Å². The molecule has 3 heteroatoms. The summed E-state index contributed by atoms with van der Waals surface area (Å²) in [6.45, 7) is 8.58. The number of hydrogen-bond donors (Lipinski definition) is 2. The van der Waals surface area contributed by atoms with Gasteiger partial charge in [-0.3, -0.25) is 4.79 Å². The van der Waals surface area contributed by atoms with Gasteiger partial charge < -0.3 is 10.4 Å². The third-order valence-corrected chi connectivity index (χ3v) is 4.61. The van der Waals surface area contributed by atoms with Crippen molar-refractivity contribution < 1.29 is 9.90 Å². The molecule has 3 rings (SSSR count). The lowest BCUT2D eigenvalue weighted by Gasteiger charge is -2.25. The number of Topliss-reactive ketones (excluding diaryl/α,β-unsaturated/α-hetero) is 1. The number of phenolic OH excluding ortho intramolecular Hbond substituents is 1. The van der Waals surface area contributed by atoms with Gasteiger partial charge in [-0.05, 0) is 56.1 Å². The Bertz CT molecular complexity index is 658. The number of nitrogens with one attached hydrogen (secondary N) is 1. The Labute approximate surface area is 138 Å². The van der Waals surface area contributed by atoms with Gasteiger partial charge in [0.15, 0.2) is 5.78 Å². The average molecular weight is 313 g/mol. The Morgan fingerprint density at radius 1 is 1.13 bits per heavy atom. The van der Waals surface area contributed by atoms with E-state index in [4.69, 9.17) is 0 Å². The van der Waals surface area contributed by atoms with Gasteiger partial charge in [-0.1, -0.05) is 44.2 Å². The van der Waals surface area contributed by atoms with Gasteiger partial charge in [-0.2, -0.15) is 0 Å². The fourth-order valence-electron chi connectivity index (χ4n) is 3.05. The highest BCUT2D eigenvalue weighted by atomic mass is 16.3. The van der Waals surface area contributed by atoms with Gasteiger partial charge in [0.1, 0.15) is 5.75 Å². The van der Waals surface area contributed by atoms with Gasteiger partial charge in [-0.25, -0.2) is 0 Å². The summed E-state index contributed by atoms with van der Waals surface area (Å²) in [5.74, 6) is 1.85. The van der Waals surface area contributed by atoms with E-state index in [0.717, 1.165) is 22.6 Å². The third kappa shape index (κ3) is 4.55. The third-order valence-electron chi connectivity index (χ3n) is 4.61. The summed E-state index contributed by atoms with van der Waals surface area (Å²) >= 11 is 0. The summed E-state index contributed by atoms with van der Waals surface area (Å²) in [5.41, 5.74) is 0.378. The molecule has 3 nitrogen and oxygen atoms in total. The molecule has 2 N–H and O–H groups in total. The van der Waals surface area contributed by atoms with Gasteiger partial charge >= 0.3 is 0 Å². The molecule has 0 amide bonds. The second kappa shape index (κ2) is 8.11. The maximum Gasteiger partial charge on any atom is 0.163 e. The van der Waals surface area contributed by atoms with Crippen LogP contribution in [-0.2, 0) is 0 Å². The van der Waals surface area contributed by atoms with Crippen molar-refractivity contribution in [3.63, 3.8) is 0 Å². The van der Waals surface area contributed by atoms with E-state index in [1.54, 1.807) is 12.1 Å². The Balaban J connectivity index is 0.000000185. The average Bonchev–Trinajstić information content (AvgIpc) is 2.56. The number of carbonyl (C=O) groups excluding carboxylic acids is 1. The fourth-order valence-corrected chi connectivity index (χ4v) is 3.05. The van der Waals surface area contributed by atoms with E-state index in [1.165, 1.54) is 32.9 Å². The Kier molecular flexibility index (Phi) is 6.17. The van der Waals surface area contributed by atoms with Gasteiger partial charge in [0, 0.05) is 5.39 Å². The van der Waals surface area contributed by atoms with Crippen molar-refractivity contribution in [2.24, 2.45) is 11.8 Å². The summed E-state index contributed by atoms with van der Waals surface area (Å²) in [6, 6.07) is 10.9. The predicted octanol–water partition coefficient (Wildman–Crippen LogP) is 4.39. The van der Waals surface area contributed by atoms with Gasteiger partial charge in [0.05, 0.1) is 5.56 Å². The molecule has 1 saturated heterocycles. The Morgan fingerprint density at radius 2 is 1.78 bits per heavy atom. The molecule has 2 aromatic rings. The molecule has 2 aromatic carbocycles. The molecule has 1 heterocycles. The molecule has 0 aliphatic carbocycles. The van der Waals surface area contributed by atoms with Crippen LogP contribution >= 0.6 is 0 Å².